The SMILES string of the molecule is NC[C@@H]1CN(CCn2nc3ccccn3c2=O)C[C@H]1c1ccccc1. The van der Waals surface area contributed by atoms with Crippen LogP contribution < -0.4 is 11.4 Å². The Hall–Kier alpha value is -2.44. The highest BCUT2D eigenvalue weighted by molar-refractivity contribution is 5.35. The van der Waals surface area contributed by atoms with E-state index in [1.807, 2.05) is 24.3 Å². The van der Waals surface area contributed by atoms with Crippen molar-refractivity contribution in [1.82, 2.24) is 19.1 Å². The summed E-state index contributed by atoms with van der Waals surface area (Å²) in [7, 11) is 0. The van der Waals surface area contributed by atoms with Gasteiger partial charge in [0, 0.05) is 31.7 Å². The summed E-state index contributed by atoms with van der Waals surface area (Å²) in [4.78, 5) is 14.8. The molecule has 1 fully saturated rings. The maximum atomic E-state index is 12.4. The third-order valence-electron chi connectivity index (χ3n) is 5.16. The van der Waals surface area contributed by atoms with Crippen molar-refractivity contribution in [2.45, 2.75) is 12.5 Å². The number of benzene rings is 1. The van der Waals surface area contributed by atoms with Gasteiger partial charge in [-0.25, -0.2) is 9.48 Å². The fourth-order valence-electron chi connectivity index (χ4n) is 3.81. The van der Waals surface area contributed by atoms with Gasteiger partial charge in [0.15, 0.2) is 5.65 Å². The van der Waals surface area contributed by atoms with Crippen molar-refractivity contribution in [2.24, 2.45) is 11.7 Å². The molecule has 130 valence electrons. The average Bonchev–Trinajstić information content (AvgIpc) is 3.22. The van der Waals surface area contributed by atoms with Crippen LogP contribution in [0.1, 0.15) is 11.5 Å². The largest absolute Gasteiger partial charge is 0.350 e. The minimum absolute atomic E-state index is 0.0789. The molecule has 0 radical (unpaired) electrons. The smallest absolute Gasteiger partial charge is 0.330 e. The molecule has 2 N–H and O–H groups in total. The molecule has 3 heterocycles. The van der Waals surface area contributed by atoms with Crippen molar-refractivity contribution in [2.75, 3.05) is 26.2 Å². The average molecular weight is 337 g/mol. The zero-order valence-corrected chi connectivity index (χ0v) is 14.2. The molecule has 25 heavy (non-hydrogen) atoms. The third kappa shape index (κ3) is 3.10. The summed E-state index contributed by atoms with van der Waals surface area (Å²) in [6, 6.07) is 16.2. The van der Waals surface area contributed by atoms with Crippen LogP contribution in [-0.4, -0.2) is 45.3 Å². The van der Waals surface area contributed by atoms with Crippen LogP contribution in [0.5, 0.6) is 0 Å². The summed E-state index contributed by atoms with van der Waals surface area (Å²) in [5, 5.41) is 4.41. The Morgan fingerprint density at radius 2 is 1.84 bits per heavy atom. The van der Waals surface area contributed by atoms with E-state index in [4.69, 9.17) is 5.73 Å². The number of likely N-dealkylation sites (tertiary alicyclic amines) is 1. The number of aromatic nitrogens is 3. The van der Waals surface area contributed by atoms with Gasteiger partial charge in [0.25, 0.3) is 0 Å². The van der Waals surface area contributed by atoms with Gasteiger partial charge in [-0.1, -0.05) is 36.4 Å². The molecule has 6 heteroatoms. The molecule has 2 atom stereocenters. The van der Waals surface area contributed by atoms with E-state index in [2.05, 4.69) is 34.3 Å². The van der Waals surface area contributed by atoms with Crippen LogP contribution in [-0.2, 0) is 6.54 Å². The Bertz CT molecular complexity index is 901. The van der Waals surface area contributed by atoms with Gasteiger partial charge >= 0.3 is 5.69 Å². The normalized spacial score (nSPS) is 21.2. The van der Waals surface area contributed by atoms with E-state index >= 15 is 0 Å². The molecule has 1 saturated heterocycles. The Labute approximate surface area is 146 Å². The van der Waals surface area contributed by atoms with Gasteiger partial charge in [-0.3, -0.25) is 4.40 Å². The van der Waals surface area contributed by atoms with Gasteiger partial charge in [-0.2, -0.15) is 0 Å². The lowest BCUT2D eigenvalue weighted by molar-refractivity contribution is 0.301. The number of rotatable bonds is 5. The first kappa shape index (κ1) is 16.1. The van der Waals surface area contributed by atoms with Gasteiger partial charge in [-0.15, -0.1) is 5.10 Å². The molecule has 0 bridgehead atoms. The van der Waals surface area contributed by atoms with Crippen LogP contribution in [0.3, 0.4) is 0 Å². The number of nitrogens with zero attached hydrogens (tertiary/aromatic N) is 4. The third-order valence-corrected chi connectivity index (χ3v) is 5.16. The molecule has 2 aromatic heterocycles. The van der Waals surface area contributed by atoms with Crippen molar-refractivity contribution >= 4 is 5.65 Å². The molecule has 1 aliphatic heterocycles. The minimum Gasteiger partial charge on any atom is -0.330 e. The number of pyridine rings is 1. The van der Waals surface area contributed by atoms with Crippen LogP contribution in [0.4, 0.5) is 0 Å². The van der Waals surface area contributed by atoms with E-state index < -0.39 is 0 Å². The molecular formula is C19H23N5O. The lowest BCUT2D eigenvalue weighted by Gasteiger charge is -2.16. The summed E-state index contributed by atoms with van der Waals surface area (Å²) >= 11 is 0. The second kappa shape index (κ2) is 6.82. The first-order valence-corrected chi connectivity index (χ1v) is 8.78. The Kier molecular flexibility index (Phi) is 4.38. The summed E-state index contributed by atoms with van der Waals surface area (Å²) in [6.45, 7) is 4.04. The maximum Gasteiger partial charge on any atom is 0.350 e. The molecule has 4 rings (SSSR count). The molecule has 0 aliphatic carbocycles. The summed E-state index contributed by atoms with van der Waals surface area (Å²) in [5.74, 6) is 0.921. The Morgan fingerprint density at radius 3 is 2.60 bits per heavy atom. The first-order chi connectivity index (χ1) is 12.3. The molecule has 3 aromatic rings. The second-order valence-corrected chi connectivity index (χ2v) is 6.71. The van der Waals surface area contributed by atoms with E-state index in [0.717, 1.165) is 19.6 Å². The minimum atomic E-state index is -0.0789. The first-order valence-electron chi connectivity index (χ1n) is 8.78. The zero-order chi connectivity index (χ0) is 17.2. The lowest BCUT2D eigenvalue weighted by atomic mass is 9.89. The summed E-state index contributed by atoms with van der Waals surface area (Å²) < 4.78 is 3.14. The van der Waals surface area contributed by atoms with Crippen molar-refractivity contribution in [3.63, 3.8) is 0 Å². The van der Waals surface area contributed by atoms with E-state index in [1.165, 1.54) is 5.56 Å². The molecule has 0 amide bonds. The number of hydrogen-bond donors (Lipinski definition) is 1. The van der Waals surface area contributed by atoms with Crippen molar-refractivity contribution in [1.29, 1.82) is 0 Å². The molecule has 1 aliphatic rings. The van der Waals surface area contributed by atoms with Gasteiger partial charge in [0.2, 0.25) is 0 Å². The number of nitrogens with two attached hydrogens (primary N) is 1. The Balaban J connectivity index is 1.46. The van der Waals surface area contributed by atoms with Crippen LogP contribution in [0.25, 0.3) is 5.65 Å². The van der Waals surface area contributed by atoms with Crippen molar-refractivity contribution in [3.8, 4) is 0 Å². The van der Waals surface area contributed by atoms with Gasteiger partial charge in [0.1, 0.15) is 0 Å². The molecule has 0 saturated carbocycles. The number of hydrogen-bond acceptors (Lipinski definition) is 4. The maximum absolute atomic E-state index is 12.4. The van der Waals surface area contributed by atoms with Crippen LogP contribution in [0, 0.1) is 5.92 Å². The summed E-state index contributed by atoms with van der Waals surface area (Å²) in [6.07, 6.45) is 1.76. The molecule has 0 unspecified atom stereocenters. The van der Waals surface area contributed by atoms with E-state index in [9.17, 15) is 4.79 Å². The molecule has 0 spiro atoms. The highest BCUT2D eigenvalue weighted by Gasteiger charge is 2.32. The van der Waals surface area contributed by atoms with Crippen LogP contribution >= 0.6 is 0 Å². The van der Waals surface area contributed by atoms with E-state index in [-0.39, 0.29) is 5.69 Å². The van der Waals surface area contributed by atoms with Crippen molar-refractivity contribution < 1.29 is 0 Å². The Morgan fingerprint density at radius 1 is 1.04 bits per heavy atom. The van der Waals surface area contributed by atoms with Crippen LogP contribution in [0.2, 0.25) is 0 Å². The van der Waals surface area contributed by atoms with Gasteiger partial charge < -0.3 is 10.6 Å². The quantitative estimate of drug-likeness (QED) is 0.759. The highest BCUT2D eigenvalue weighted by Crippen LogP contribution is 2.31. The van der Waals surface area contributed by atoms with E-state index in [0.29, 0.717) is 30.6 Å². The standard InChI is InChI=1S/C19H23N5O/c20-12-16-13-22(14-17(16)15-6-2-1-3-7-15)10-11-24-19(25)23-9-5-4-8-18(23)21-24/h1-9,16-17H,10-14,20H2/t16-,17+/m1/s1. The summed E-state index contributed by atoms with van der Waals surface area (Å²) in [5.41, 5.74) is 7.97. The fraction of sp³-hybridized carbons (Fsp3) is 0.368. The predicted molar refractivity (Wildman–Crippen MR) is 97.6 cm³/mol. The fourth-order valence-corrected chi connectivity index (χ4v) is 3.81. The molecule has 6 nitrogen and oxygen atoms in total. The number of fused-ring (bicyclic) bond motifs is 1. The van der Waals surface area contributed by atoms with Crippen molar-refractivity contribution in [3.05, 3.63) is 70.8 Å². The highest BCUT2D eigenvalue weighted by atomic mass is 16.2. The van der Waals surface area contributed by atoms with Crippen LogP contribution in [0.15, 0.2) is 59.5 Å². The molecular weight excluding hydrogens is 314 g/mol. The van der Waals surface area contributed by atoms with Gasteiger partial charge in [-0.05, 0) is 30.2 Å². The zero-order valence-electron chi connectivity index (χ0n) is 14.2. The van der Waals surface area contributed by atoms with E-state index in [1.54, 1.807) is 15.3 Å². The lowest BCUT2D eigenvalue weighted by Crippen LogP contribution is -2.30. The predicted octanol–water partition coefficient (Wildman–Crippen LogP) is 1.17. The second-order valence-electron chi connectivity index (χ2n) is 6.71. The topological polar surface area (TPSA) is 68.6 Å². The van der Waals surface area contributed by atoms with Gasteiger partial charge in [0.05, 0.1) is 6.54 Å². The molecule has 1 aromatic carbocycles. The monoisotopic (exact) mass is 337 g/mol.